The predicted octanol–water partition coefficient (Wildman–Crippen LogP) is 6.65. The average Bonchev–Trinajstić information content (AvgIpc) is 2.83. The number of aryl methyl sites for hydroxylation is 3. The lowest BCUT2D eigenvalue weighted by atomic mass is 9.99. The summed E-state index contributed by atoms with van der Waals surface area (Å²) in [4.78, 5) is 30.4. The molecule has 172 valence electrons. The van der Waals surface area contributed by atoms with E-state index in [-0.39, 0.29) is 11.9 Å². The molecule has 0 spiro atoms. The van der Waals surface area contributed by atoms with Crippen molar-refractivity contribution in [3.8, 4) is 11.3 Å². The van der Waals surface area contributed by atoms with Crippen LogP contribution in [0.1, 0.15) is 50.8 Å². The average molecular weight is 453 g/mol. The van der Waals surface area contributed by atoms with E-state index in [1.54, 1.807) is 24.3 Å². The first-order chi connectivity index (χ1) is 16.4. The Balaban J connectivity index is 1.70. The lowest BCUT2D eigenvalue weighted by molar-refractivity contribution is 0.0505. The second-order valence-corrected chi connectivity index (χ2v) is 8.57. The Bertz CT molecular complexity index is 1360. The first-order valence-corrected chi connectivity index (χ1v) is 11.4. The fourth-order valence-electron chi connectivity index (χ4n) is 3.91. The van der Waals surface area contributed by atoms with Crippen LogP contribution in [0.4, 0.5) is 5.69 Å². The van der Waals surface area contributed by atoms with E-state index < -0.39 is 0 Å². The van der Waals surface area contributed by atoms with Crippen LogP contribution in [-0.4, -0.2) is 23.5 Å². The van der Waals surface area contributed by atoms with Gasteiger partial charge in [0.2, 0.25) is 0 Å². The van der Waals surface area contributed by atoms with Crippen molar-refractivity contribution in [3.05, 3.63) is 94.5 Å². The third-order valence-corrected chi connectivity index (χ3v) is 5.66. The number of nitrogens with one attached hydrogen (secondary N) is 1. The highest BCUT2D eigenvalue weighted by Crippen LogP contribution is 2.29. The number of esters is 1. The second kappa shape index (κ2) is 9.87. The summed E-state index contributed by atoms with van der Waals surface area (Å²) in [6.45, 7) is 8.40. The van der Waals surface area contributed by atoms with Crippen LogP contribution in [0.2, 0.25) is 0 Å². The van der Waals surface area contributed by atoms with Crippen molar-refractivity contribution in [1.29, 1.82) is 0 Å². The van der Waals surface area contributed by atoms with Crippen LogP contribution < -0.4 is 5.32 Å². The minimum atomic E-state index is -0.367. The number of amides is 1. The number of fused-ring (bicyclic) bond motifs is 1. The number of hydrogen-bond donors (Lipinski definition) is 1. The molecule has 0 aliphatic rings. The molecule has 5 nitrogen and oxygen atoms in total. The Morgan fingerprint density at radius 1 is 0.882 bits per heavy atom. The van der Waals surface area contributed by atoms with Gasteiger partial charge in [-0.05, 0) is 69.2 Å². The van der Waals surface area contributed by atoms with Crippen molar-refractivity contribution in [1.82, 2.24) is 4.98 Å². The normalized spacial score (nSPS) is 10.8. The Morgan fingerprint density at radius 2 is 1.59 bits per heavy atom. The molecule has 3 aromatic carbocycles. The summed E-state index contributed by atoms with van der Waals surface area (Å²) < 4.78 is 5.17. The van der Waals surface area contributed by atoms with E-state index in [4.69, 9.17) is 9.72 Å². The molecular weight excluding hydrogens is 424 g/mol. The van der Waals surface area contributed by atoms with Crippen molar-refractivity contribution in [2.75, 3.05) is 11.9 Å². The van der Waals surface area contributed by atoms with Crippen molar-refractivity contribution in [2.24, 2.45) is 0 Å². The van der Waals surface area contributed by atoms with Gasteiger partial charge >= 0.3 is 5.97 Å². The maximum atomic E-state index is 13.4. The molecule has 1 amide bonds. The van der Waals surface area contributed by atoms with Gasteiger partial charge < -0.3 is 10.1 Å². The molecule has 4 rings (SSSR count). The third kappa shape index (κ3) is 4.99. The van der Waals surface area contributed by atoms with E-state index in [0.29, 0.717) is 23.4 Å². The molecule has 0 unspecified atom stereocenters. The van der Waals surface area contributed by atoms with Crippen LogP contribution in [0.25, 0.3) is 22.2 Å². The van der Waals surface area contributed by atoms with Crippen LogP contribution in [0.5, 0.6) is 0 Å². The standard InChI is InChI=1S/C29H28N2O3/c1-5-14-34-29(33)22-10-12-23(13-11-22)30-28(32)25-17-26(21-8-6-18(2)7-9-21)31-27-20(4)15-19(3)16-24(25)27/h6-13,15-17H,5,14H2,1-4H3,(H,30,32). The van der Waals surface area contributed by atoms with Gasteiger partial charge in [-0.3, -0.25) is 4.79 Å². The van der Waals surface area contributed by atoms with E-state index in [0.717, 1.165) is 45.3 Å². The van der Waals surface area contributed by atoms with Crippen LogP contribution >= 0.6 is 0 Å². The molecule has 0 bridgehead atoms. The maximum absolute atomic E-state index is 13.4. The van der Waals surface area contributed by atoms with E-state index in [2.05, 4.69) is 11.4 Å². The minimum Gasteiger partial charge on any atom is -0.462 e. The van der Waals surface area contributed by atoms with Crippen molar-refractivity contribution in [3.63, 3.8) is 0 Å². The Kier molecular flexibility index (Phi) is 6.73. The summed E-state index contributed by atoms with van der Waals surface area (Å²) in [5.74, 6) is -0.597. The number of carbonyl (C=O) groups is 2. The highest BCUT2D eigenvalue weighted by Gasteiger charge is 2.16. The summed E-state index contributed by atoms with van der Waals surface area (Å²) in [5.41, 5.74) is 7.37. The maximum Gasteiger partial charge on any atom is 0.338 e. The Morgan fingerprint density at radius 3 is 2.26 bits per heavy atom. The fourth-order valence-corrected chi connectivity index (χ4v) is 3.91. The van der Waals surface area contributed by atoms with E-state index in [1.165, 1.54) is 0 Å². The molecule has 4 aromatic rings. The van der Waals surface area contributed by atoms with E-state index >= 15 is 0 Å². The van der Waals surface area contributed by atoms with Crippen molar-refractivity contribution in [2.45, 2.75) is 34.1 Å². The summed E-state index contributed by atoms with van der Waals surface area (Å²) >= 11 is 0. The molecule has 1 N–H and O–H groups in total. The van der Waals surface area contributed by atoms with E-state index in [9.17, 15) is 9.59 Å². The number of benzene rings is 3. The summed E-state index contributed by atoms with van der Waals surface area (Å²) in [7, 11) is 0. The van der Waals surface area contributed by atoms with Gasteiger partial charge in [0.15, 0.2) is 0 Å². The molecule has 5 heteroatoms. The molecule has 34 heavy (non-hydrogen) atoms. The highest BCUT2D eigenvalue weighted by molar-refractivity contribution is 6.13. The number of hydrogen-bond acceptors (Lipinski definition) is 4. The van der Waals surface area contributed by atoms with Gasteiger partial charge in [0.05, 0.1) is 28.9 Å². The van der Waals surface area contributed by atoms with Crippen molar-refractivity contribution >= 4 is 28.5 Å². The summed E-state index contributed by atoms with van der Waals surface area (Å²) in [6, 6.07) is 20.8. The smallest absolute Gasteiger partial charge is 0.338 e. The highest BCUT2D eigenvalue weighted by atomic mass is 16.5. The number of aromatic nitrogens is 1. The van der Waals surface area contributed by atoms with Gasteiger partial charge in [0, 0.05) is 16.6 Å². The first-order valence-electron chi connectivity index (χ1n) is 11.4. The molecular formula is C29H28N2O3. The number of rotatable bonds is 6. The van der Waals surface area contributed by atoms with Crippen molar-refractivity contribution < 1.29 is 14.3 Å². The van der Waals surface area contributed by atoms with Crippen LogP contribution in [0.3, 0.4) is 0 Å². The first kappa shape index (κ1) is 23.2. The van der Waals surface area contributed by atoms with Gasteiger partial charge in [-0.2, -0.15) is 0 Å². The van der Waals surface area contributed by atoms with Gasteiger partial charge in [-0.1, -0.05) is 48.4 Å². The van der Waals surface area contributed by atoms with Gasteiger partial charge in [0.1, 0.15) is 0 Å². The SMILES string of the molecule is CCCOC(=O)c1ccc(NC(=O)c2cc(-c3ccc(C)cc3)nc3c(C)cc(C)cc23)cc1. The molecule has 1 heterocycles. The number of anilines is 1. The number of carbonyl (C=O) groups excluding carboxylic acids is 2. The third-order valence-electron chi connectivity index (χ3n) is 5.66. The quantitative estimate of drug-likeness (QED) is 0.333. The molecule has 0 fully saturated rings. The number of pyridine rings is 1. The van der Waals surface area contributed by atoms with Gasteiger partial charge in [0.25, 0.3) is 5.91 Å². The second-order valence-electron chi connectivity index (χ2n) is 8.57. The largest absolute Gasteiger partial charge is 0.462 e. The Labute approximate surface area is 199 Å². The molecule has 0 aliphatic heterocycles. The summed E-state index contributed by atoms with van der Waals surface area (Å²) in [6.07, 6.45) is 0.767. The predicted molar refractivity (Wildman–Crippen MR) is 136 cm³/mol. The number of ether oxygens (including phenoxy) is 1. The van der Waals surface area contributed by atoms with Crippen LogP contribution in [0.15, 0.2) is 66.7 Å². The molecule has 0 aliphatic carbocycles. The lowest BCUT2D eigenvalue weighted by Gasteiger charge is -2.13. The minimum absolute atomic E-state index is 0.230. The monoisotopic (exact) mass is 452 g/mol. The molecule has 0 radical (unpaired) electrons. The zero-order valence-corrected chi connectivity index (χ0v) is 19.9. The molecule has 0 atom stereocenters. The molecule has 1 aromatic heterocycles. The Hall–Kier alpha value is -3.99. The fraction of sp³-hybridized carbons (Fsp3) is 0.207. The summed E-state index contributed by atoms with van der Waals surface area (Å²) in [5, 5.41) is 3.78. The molecule has 0 saturated heterocycles. The van der Waals surface area contributed by atoms with Crippen LogP contribution in [0, 0.1) is 20.8 Å². The zero-order valence-electron chi connectivity index (χ0n) is 19.9. The lowest BCUT2D eigenvalue weighted by Crippen LogP contribution is -2.14. The van der Waals surface area contributed by atoms with Gasteiger partial charge in [-0.15, -0.1) is 0 Å². The van der Waals surface area contributed by atoms with Crippen LogP contribution in [-0.2, 0) is 4.74 Å². The molecule has 0 saturated carbocycles. The topological polar surface area (TPSA) is 68.3 Å². The zero-order chi connectivity index (χ0) is 24.2. The number of nitrogens with zero attached hydrogens (tertiary/aromatic N) is 1. The van der Waals surface area contributed by atoms with Gasteiger partial charge in [-0.25, -0.2) is 9.78 Å². The van der Waals surface area contributed by atoms with E-state index in [1.807, 2.05) is 64.1 Å².